The Labute approximate surface area is 108 Å². The Morgan fingerprint density at radius 1 is 1.33 bits per heavy atom. The predicted octanol–water partition coefficient (Wildman–Crippen LogP) is 3.71. The van der Waals surface area contributed by atoms with E-state index >= 15 is 0 Å². The Morgan fingerprint density at radius 3 is 2.60 bits per heavy atom. The van der Waals surface area contributed by atoms with Gasteiger partial charge in [-0.05, 0) is 46.4 Å². The van der Waals surface area contributed by atoms with Crippen molar-refractivity contribution in [2.45, 2.75) is 12.7 Å². The number of nitrogens with one attached hydrogen (secondary N) is 1. The topological polar surface area (TPSA) is 12.0 Å². The third kappa shape index (κ3) is 5.17. The normalized spacial score (nSPS) is 11.8. The molecule has 0 saturated carbocycles. The van der Waals surface area contributed by atoms with E-state index in [9.17, 15) is 13.2 Å². The molecule has 0 aliphatic rings. The summed E-state index contributed by atoms with van der Waals surface area (Å²) in [4.78, 5) is 0. The van der Waals surface area contributed by atoms with E-state index in [2.05, 4.69) is 43.8 Å². The molecule has 15 heavy (non-hydrogen) atoms. The van der Waals surface area contributed by atoms with Crippen LogP contribution >= 0.6 is 38.5 Å². The van der Waals surface area contributed by atoms with E-state index < -0.39 is 12.7 Å². The molecule has 0 aliphatic carbocycles. The van der Waals surface area contributed by atoms with Crippen LogP contribution in [0.25, 0.3) is 0 Å². The lowest BCUT2D eigenvalue weighted by Crippen LogP contribution is -2.28. The minimum absolute atomic E-state index is 0.219. The quantitative estimate of drug-likeness (QED) is 0.772. The molecular weight excluding hydrogens is 386 g/mol. The maximum atomic E-state index is 11.9. The van der Waals surface area contributed by atoms with Crippen LogP contribution in [0.2, 0.25) is 0 Å². The molecule has 6 heteroatoms. The Kier molecular flexibility index (Phi) is 4.85. The average Bonchev–Trinajstić information content (AvgIpc) is 2.09. The van der Waals surface area contributed by atoms with Crippen molar-refractivity contribution in [1.82, 2.24) is 5.32 Å². The molecule has 1 rings (SSSR count). The minimum Gasteiger partial charge on any atom is -0.305 e. The van der Waals surface area contributed by atoms with Crippen LogP contribution in [0.4, 0.5) is 13.2 Å². The Bertz CT molecular complexity index is 341. The Balaban J connectivity index is 2.54. The fraction of sp³-hybridized carbons (Fsp3) is 0.333. The van der Waals surface area contributed by atoms with Gasteiger partial charge in [0.15, 0.2) is 0 Å². The first-order valence-electron chi connectivity index (χ1n) is 4.10. The summed E-state index contributed by atoms with van der Waals surface area (Å²) in [5.74, 6) is 0. The molecule has 0 fully saturated rings. The highest BCUT2D eigenvalue weighted by Gasteiger charge is 2.26. The minimum atomic E-state index is -4.16. The van der Waals surface area contributed by atoms with Crippen molar-refractivity contribution in [1.29, 1.82) is 0 Å². The van der Waals surface area contributed by atoms with E-state index in [1.54, 1.807) is 0 Å². The van der Waals surface area contributed by atoms with Crippen LogP contribution in [0.15, 0.2) is 22.7 Å². The molecule has 1 aromatic carbocycles. The lowest BCUT2D eigenvalue weighted by Gasteiger charge is -2.09. The van der Waals surface area contributed by atoms with Gasteiger partial charge in [0, 0.05) is 14.6 Å². The van der Waals surface area contributed by atoms with E-state index in [4.69, 9.17) is 0 Å². The molecule has 0 saturated heterocycles. The zero-order valence-electron chi connectivity index (χ0n) is 7.54. The number of hydrogen-bond donors (Lipinski definition) is 1. The van der Waals surface area contributed by atoms with E-state index in [-0.39, 0.29) is 6.54 Å². The predicted molar refractivity (Wildman–Crippen MR) is 64.6 cm³/mol. The first-order valence-corrected chi connectivity index (χ1v) is 5.97. The standard InChI is InChI=1S/C9H8BrF3IN/c10-7-1-2-8(14)6(3-7)4-15-5-9(11,12)13/h1-3,15H,4-5H2. The first-order chi connectivity index (χ1) is 6.88. The monoisotopic (exact) mass is 393 g/mol. The first kappa shape index (κ1) is 13.2. The van der Waals surface area contributed by atoms with Crippen molar-refractivity contribution in [2.24, 2.45) is 0 Å². The van der Waals surface area contributed by atoms with Crippen LogP contribution in [-0.2, 0) is 6.54 Å². The maximum absolute atomic E-state index is 11.9. The summed E-state index contributed by atoms with van der Waals surface area (Å²) in [6.07, 6.45) is -4.16. The molecule has 0 heterocycles. The van der Waals surface area contributed by atoms with Gasteiger partial charge in [0.2, 0.25) is 0 Å². The summed E-state index contributed by atoms with van der Waals surface area (Å²) in [5.41, 5.74) is 0.856. The summed E-state index contributed by atoms with van der Waals surface area (Å²) in [5, 5.41) is 2.36. The molecule has 84 valence electrons. The molecule has 0 bridgehead atoms. The molecular formula is C9H8BrF3IN. The molecule has 0 unspecified atom stereocenters. The van der Waals surface area contributed by atoms with Crippen LogP contribution in [0.3, 0.4) is 0 Å². The number of benzene rings is 1. The Hall–Kier alpha value is 0.180. The zero-order chi connectivity index (χ0) is 11.5. The molecule has 1 aromatic rings. The summed E-state index contributed by atoms with van der Waals surface area (Å²) in [7, 11) is 0. The number of alkyl halides is 3. The van der Waals surface area contributed by atoms with Crippen molar-refractivity contribution < 1.29 is 13.2 Å². The molecule has 0 aromatic heterocycles. The zero-order valence-corrected chi connectivity index (χ0v) is 11.3. The highest BCUT2D eigenvalue weighted by atomic mass is 127. The SMILES string of the molecule is FC(F)(F)CNCc1cc(Br)ccc1I. The van der Waals surface area contributed by atoms with Gasteiger partial charge in [0.25, 0.3) is 0 Å². The summed E-state index contributed by atoms with van der Waals surface area (Å²) in [6.45, 7) is -0.743. The second-order valence-corrected chi connectivity index (χ2v) is 5.03. The maximum Gasteiger partial charge on any atom is 0.401 e. The van der Waals surface area contributed by atoms with Gasteiger partial charge in [0.05, 0.1) is 6.54 Å². The van der Waals surface area contributed by atoms with Crippen LogP contribution in [0, 0.1) is 3.57 Å². The third-order valence-corrected chi connectivity index (χ3v) is 3.19. The van der Waals surface area contributed by atoms with Gasteiger partial charge in [-0.1, -0.05) is 15.9 Å². The van der Waals surface area contributed by atoms with Crippen LogP contribution in [0.5, 0.6) is 0 Å². The third-order valence-electron chi connectivity index (χ3n) is 1.65. The van der Waals surface area contributed by atoms with Gasteiger partial charge in [-0.3, -0.25) is 0 Å². The smallest absolute Gasteiger partial charge is 0.305 e. The Morgan fingerprint density at radius 2 is 2.00 bits per heavy atom. The van der Waals surface area contributed by atoms with Gasteiger partial charge in [-0.15, -0.1) is 0 Å². The summed E-state index contributed by atoms with van der Waals surface area (Å²) < 4.78 is 37.4. The highest BCUT2D eigenvalue weighted by Crippen LogP contribution is 2.19. The fourth-order valence-corrected chi connectivity index (χ4v) is 1.95. The van der Waals surface area contributed by atoms with Crippen molar-refractivity contribution in [3.8, 4) is 0 Å². The van der Waals surface area contributed by atoms with E-state index in [0.717, 1.165) is 13.6 Å². The van der Waals surface area contributed by atoms with Gasteiger partial charge in [-0.25, -0.2) is 0 Å². The summed E-state index contributed by atoms with van der Waals surface area (Å²) in [6, 6.07) is 5.52. The van der Waals surface area contributed by atoms with Gasteiger partial charge in [0.1, 0.15) is 0 Å². The van der Waals surface area contributed by atoms with Crippen molar-refractivity contribution in [3.63, 3.8) is 0 Å². The fourth-order valence-electron chi connectivity index (χ4n) is 1.02. The highest BCUT2D eigenvalue weighted by molar-refractivity contribution is 14.1. The lowest BCUT2D eigenvalue weighted by atomic mass is 10.2. The molecule has 0 radical (unpaired) electrons. The van der Waals surface area contributed by atoms with Gasteiger partial charge < -0.3 is 5.32 Å². The largest absolute Gasteiger partial charge is 0.401 e. The molecule has 0 amide bonds. The van der Waals surface area contributed by atoms with Crippen LogP contribution in [0.1, 0.15) is 5.56 Å². The van der Waals surface area contributed by atoms with E-state index in [1.165, 1.54) is 0 Å². The molecule has 0 spiro atoms. The van der Waals surface area contributed by atoms with Crippen LogP contribution in [-0.4, -0.2) is 12.7 Å². The van der Waals surface area contributed by atoms with E-state index in [0.29, 0.717) is 0 Å². The second kappa shape index (κ2) is 5.49. The average molecular weight is 394 g/mol. The summed E-state index contributed by atoms with van der Waals surface area (Å²) >= 11 is 5.37. The lowest BCUT2D eigenvalue weighted by molar-refractivity contribution is -0.125. The molecule has 1 N–H and O–H groups in total. The number of rotatable bonds is 3. The van der Waals surface area contributed by atoms with Gasteiger partial charge in [-0.2, -0.15) is 13.2 Å². The van der Waals surface area contributed by atoms with E-state index in [1.807, 2.05) is 18.2 Å². The van der Waals surface area contributed by atoms with Gasteiger partial charge >= 0.3 is 6.18 Å². The van der Waals surface area contributed by atoms with Crippen LogP contribution < -0.4 is 5.32 Å². The second-order valence-electron chi connectivity index (χ2n) is 2.95. The molecule has 0 aliphatic heterocycles. The number of hydrogen-bond acceptors (Lipinski definition) is 1. The van der Waals surface area contributed by atoms with Crippen molar-refractivity contribution in [2.75, 3.05) is 6.54 Å². The number of halogens is 5. The molecule has 0 atom stereocenters. The molecule has 1 nitrogen and oxygen atoms in total. The van der Waals surface area contributed by atoms with Crippen molar-refractivity contribution in [3.05, 3.63) is 31.8 Å². The van der Waals surface area contributed by atoms with Crippen molar-refractivity contribution >= 4 is 38.5 Å².